The first-order chi connectivity index (χ1) is 9.60. The van der Waals surface area contributed by atoms with Gasteiger partial charge in [-0.15, -0.1) is 0 Å². The molecule has 0 aliphatic carbocycles. The van der Waals surface area contributed by atoms with Crippen LogP contribution in [-0.2, 0) is 6.54 Å². The molecule has 0 atom stereocenters. The van der Waals surface area contributed by atoms with Gasteiger partial charge in [0.05, 0.1) is 7.11 Å². The highest BCUT2D eigenvalue weighted by molar-refractivity contribution is 5.92. The number of carbonyl (C=O) groups is 1. The minimum atomic E-state index is -0.285. The fourth-order valence-corrected chi connectivity index (χ4v) is 1.70. The molecule has 0 aliphatic rings. The van der Waals surface area contributed by atoms with Gasteiger partial charge < -0.3 is 15.2 Å². The summed E-state index contributed by atoms with van der Waals surface area (Å²) >= 11 is 0. The SMILES string of the molecule is COc1ccc(O)c(CNC(=O)c2ccc(C)cn2)c1. The summed E-state index contributed by atoms with van der Waals surface area (Å²) in [6.45, 7) is 2.11. The van der Waals surface area contributed by atoms with E-state index in [1.165, 1.54) is 6.07 Å². The van der Waals surface area contributed by atoms with E-state index in [1.807, 2.05) is 13.0 Å². The second-order valence-corrected chi connectivity index (χ2v) is 4.40. The van der Waals surface area contributed by atoms with E-state index < -0.39 is 0 Å². The molecule has 0 bridgehead atoms. The highest BCUT2D eigenvalue weighted by atomic mass is 16.5. The number of benzene rings is 1. The number of phenolic OH excluding ortho intramolecular Hbond substituents is 1. The molecule has 0 aliphatic heterocycles. The minimum Gasteiger partial charge on any atom is -0.508 e. The maximum atomic E-state index is 11.9. The van der Waals surface area contributed by atoms with Crippen LogP contribution >= 0.6 is 0 Å². The lowest BCUT2D eigenvalue weighted by Gasteiger charge is -2.08. The number of aromatic nitrogens is 1. The van der Waals surface area contributed by atoms with Crippen molar-refractivity contribution in [3.8, 4) is 11.5 Å². The topological polar surface area (TPSA) is 71.5 Å². The van der Waals surface area contributed by atoms with E-state index in [-0.39, 0.29) is 18.2 Å². The van der Waals surface area contributed by atoms with Gasteiger partial charge >= 0.3 is 0 Å². The fraction of sp³-hybridized carbons (Fsp3) is 0.200. The number of nitrogens with one attached hydrogen (secondary N) is 1. The summed E-state index contributed by atoms with van der Waals surface area (Å²) in [4.78, 5) is 16.0. The number of hydrogen-bond donors (Lipinski definition) is 2. The van der Waals surface area contributed by atoms with Gasteiger partial charge in [-0.25, -0.2) is 0 Å². The number of carbonyl (C=O) groups excluding carboxylic acids is 1. The van der Waals surface area contributed by atoms with Crippen LogP contribution in [0.1, 0.15) is 21.6 Å². The van der Waals surface area contributed by atoms with Crippen LogP contribution in [-0.4, -0.2) is 23.1 Å². The molecule has 0 unspecified atom stereocenters. The van der Waals surface area contributed by atoms with Crippen molar-refractivity contribution in [3.63, 3.8) is 0 Å². The molecule has 5 nitrogen and oxygen atoms in total. The number of nitrogens with zero attached hydrogens (tertiary/aromatic N) is 1. The van der Waals surface area contributed by atoms with E-state index in [1.54, 1.807) is 31.5 Å². The van der Waals surface area contributed by atoms with Crippen molar-refractivity contribution in [1.82, 2.24) is 10.3 Å². The van der Waals surface area contributed by atoms with Gasteiger partial charge in [-0.05, 0) is 36.8 Å². The number of phenols is 1. The van der Waals surface area contributed by atoms with Crippen molar-refractivity contribution in [3.05, 3.63) is 53.3 Å². The second-order valence-electron chi connectivity index (χ2n) is 4.40. The normalized spacial score (nSPS) is 10.1. The number of aromatic hydroxyl groups is 1. The first-order valence-electron chi connectivity index (χ1n) is 6.17. The van der Waals surface area contributed by atoms with Crippen LogP contribution in [0.5, 0.6) is 11.5 Å². The molecule has 0 spiro atoms. The monoisotopic (exact) mass is 272 g/mol. The van der Waals surface area contributed by atoms with E-state index in [0.717, 1.165) is 5.56 Å². The molecule has 0 saturated carbocycles. The standard InChI is InChI=1S/C15H16N2O3/c1-10-3-5-13(16-8-10)15(19)17-9-11-7-12(20-2)4-6-14(11)18/h3-8,18H,9H2,1-2H3,(H,17,19). The third-order valence-corrected chi connectivity index (χ3v) is 2.87. The Morgan fingerprint density at radius 2 is 2.15 bits per heavy atom. The number of aryl methyl sites for hydroxylation is 1. The molecule has 2 N–H and O–H groups in total. The van der Waals surface area contributed by atoms with Crippen molar-refractivity contribution >= 4 is 5.91 Å². The Labute approximate surface area is 117 Å². The van der Waals surface area contributed by atoms with Crippen molar-refractivity contribution < 1.29 is 14.6 Å². The molecule has 104 valence electrons. The van der Waals surface area contributed by atoms with Gasteiger partial charge in [0.25, 0.3) is 5.91 Å². The van der Waals surface area contributed by atoms with Crippen LogP contribution in [0.4, 0.5) is 0 Å². The molecule has 1 amide bonds. The number of hydrogen-bond acceptors (Lipinski definition) is 4. The van der Waals surface area contributed by atoms with E-state index in [4.69, 9.17) is 4.74 Å². The number of pyridine rings is 1. The number of methoxy groups -OCH3 is 1. The van der Waals surface area contributed by atoms with E-state index in [9.17, 15) is 9.90 Å². The van der Waals surface area contributed by atoms with Gasteiger partial charge in [0.15, 0.2) is 0 Å². The third-order valence-electron chi connectivity index (χ3n) is 2.87. The molecule has 2 rings (SSSR count). The molecule has 20 heavy (non-hydrogen) atoms. The summed E-state index contributed by atoms with van der Waals surface area (Å²) in [6.07, 6.45) is 1.64. The van der Waals surface area contributed by atoms with Crippen LogP contribution < -0.4 is 10.1 Å². The van der Waals surface area contributed by atoms with Crippen LogP contribution in [0, 0.1) is 6.92 Å². The molecule has 1 aromatic heterocycles. The van der Waals surface area contributed by atoms with Gasteiger partial charge in [-0.3, -0.25) is 9.78 Å². The largest absolute Gasteiger partial charge is 0.508 e. The summed E-state index contributed by atoms with van der Waals surface area (Å²) in [5, 5.41) is 12.4. The molecule has 5 heteroatoms. The lowest BCUT2D eigenvalue weighted by molar-refractivity contribution is 0.0945. The first-order valence-corrected chi connectivity index (χ1v) is 6.17. The van der Waals surface area contributed by atoms with Crippen molar-refractivity contribution in [2.75, 3.05) is 7.11 Å². The van der Waals surface area contributed by atoms with E-state index >= 15 is 0 Å². The van der Waals surface area contributed by atoms with Crippen molar-refractivity contribution in [2.45, 2.75) is 13.5 Å². The summed E-state index contributed by atoms with van der Waals surface area (Å²) in [7, 11) is 1.55. The minimum absolute atomic E-state index is 0.114. The van der Waals surface area contributed by atoms with Gasteiger partial charge in [-0.1, -0.05) is 6.07 Å². The van der Waals surface area contributed by atoms with Crippen LogP contribution in [0.2, 0.25) is 0 Å². The molecule has 0 saturated heterocycles. The molecular formula is C15H16N2O3. The van der Waals surface area contributed by atoms with Crippen LogP contribution in [0.25, 0.3) is 0 Å². The Morgan fingerprint density at radius 1 is 1.35 bits per heavy atom. The Kier molecular flexibility index (Phi) is 4.20. The predicted octanol–water partition coefficient (Wildman–Crippen LogP) is 2.03. The number of amides is 1. The molecule has 1 heterocycles. The highest BCUT2D eigenvalue weighted by Gasteiger charge is 2.09. The van der Waals surface area contributed by atoms with Crippen LogP contribution in [0.15, 0.2) is 36.5 Å². The van der Waals surface area contributed by atoms with Crippen molar-refractivity contribution in [2.24, 2.45) is 0 Å². The van der Waals surface area contributed by atoms with Gasteiger partial charge in [0.1, 0.15) is 17.2 Å². The summed E-state index contributed by atoms with van der Waals surface area (Å²) in [5.41, 5.74) is 1.93. The Morgan fingerprint density at radius 3 is 2.80 bits per heavy atom. The Balaban J connectivity index is 2.05. The second kappa shape index (κ2) is 6.06. The van der Waals surface area contributed by atoms with Gasteiger partial charge in [-0.2, -0.15) is 0 Å². The molecule has 0 radical (unpaired) electrons. The Bertz CT molecular complexity index is 609. The zero-order chi connectivity index (χ0) is 14.5. The van der Waals surface area contributed by atoms with E-state index in [0.29, 0.717) is 17.0 Å². The zero-order valence-corrected chi connectivity index (χ0v) is 11.4. The average Bonchev–Trinajstić information content (AvgIpc) is 2.47. The third kappa shape index (κ3) is 3.26. The number of rotatable bonds is 4. The molecular weight excluding hydrogens is 256 g/mol. The van der Waals surface area contributed by atoms with Crippen molar-refractivity contribution in [1.29, 1.82) is 0 Å². The molecule has 0 fully saturated rings. The van der Waals surface area contributed by atoms with E-state index in [2.05, 4.69) is 10.3 Å². The lowest BCUT2D eigenvalue weighted by atomic mass is 10.2. The maximum Gasteiger partial charge on any atom is 0.270 e. The summed E-state index contributed by atoms with van der Waals surface area (Å²) in [5.74, 6) is 0.454. The average molecular weight is 272 g/mol. The lowest BCUT2D eigenvalue weighted by Crippen LogP contribution is -2.23. The van der Waals surface area contributed by atoms with Gasteiger partial charge in [0.2, 0.25) is 0 Å². The fourth-order valence-electron chi connectivity index (χ4n) is 1.70. The van der Waals surface area contributed by atoms with Crippen LogP contribution in [0.3, 0.4) is 0 Å². The maximum absolute atomic E-state index is 11.9. The molecule has 1 aromatic carbocycles. The highest BCUT2D eigenvalue weighted by Crippen LogP contribution is 2.22. The summed E-state index contributed by atoms with van der Waals surface area (Å²) in [6, 6.07) is 8.35. The Hall–Kier alpha value is -2.56. The molecule has 2 aromatic rings. The zero-order valence-electron chi connectivity index (χ0n) is 11.4. The number of ether oxygens (including phenoxy) is 1. The van der Waals surface area contributed by atoms with Gasteiger partial charge in [0, 0.05) is 18.3 Å². The smallest absolute Gasteiger partial charge is 0.270 e. The summed E-state index contributed by atoms with van der Waals surface area (Å²) < 4.78 is 5.08. The first kappa shape index (κ1) is 13.9. The quantitative estimate of drug-likeness (QED) is 0.893. The predicted molar refractivity (Wildman–Crippen MR) is 74.8 cm³/mol.